The molecule has 0 bridgehead atoms. The van der Waals surface area contributed by atoms with E-state index in [1.807, 2.05) is 24.3 Å². The van der Waals surface area contributed by atoms with Gasteiger partial charge in [-0.1, -0.05) is 13.0 Å². The van der Waals surface area contributed by atoms with Crippen LogP contribution in [-0.4, -0.2) is 53.5 Å². The van der Waals surface area contributed by atoms with Crippen molar-refractivity contribution in [1.29, 1.82) is 0 Å². The lowest BCUT2D eigenvalue weighted by Crippen LogP contribution is -2.46. The Labute approximate surface area is 142 Å². The lowest BCUT2D eigenvalue weighted by atomic mass is 10.2. The van der Waals surface area contributed by atoms with Crippen molar-refractivity contribution in [3.8, 4) is 0 Å². The van der Waals surface area contributed by atoms with Crippen LogP contribution in [-0.2, 0) is 6.54 Å². The Hall–Kier alpha value is -2.47. The molecule has 24 heavy (non-hydrogen) atoms. The monoisotopic (exact) mass is 325 g/mol. The summed E-state index contributed by atoms with van der Waals surface area (Å²) < 4.78 is 0. The number of carbonyl (C=O) groups excluding carboxylic acids is 1. The first kappa shape index (κ1) is 16.4. The fourth-order valence-corrected chi connectivity index (χ4v) is 2.84. The zero-order valence-electron chi connectivity index (χ0n) is 14.0. The van der Waals surface area contributed by atoms with E-state index in [0.29, 0.717) is 12.2 Å². The van der Waals surface area contributed by atoms with Crippen LogP contribution in [0.3, 0.4) is 0 Å². The van der Waals surface area contributed by atoms with Crippen molar-refractivity contribution in [3.63, 3.8) is 0 Å². The summed E-state index contributed by atoms with van der Waals surface area (Å²) in [7, 11) is 0. The quantitative estimate of drug-likeness (QED) is 0.904. The molecule has 1 aliphatic rings. The van der Waals surface area contributed by atoms with Gasteiger partial charge in [0.1, 0.15) is 5.69 Å². The molecule has 3 heterocycles. The molecule has 0 radical (unpaired) electrons. The molecule has 6 nitrogen and oxygen atoms in total. The molecule has 0 aliphatic carbocycles. The van der Waals surface area contributed by atoms with E-state index in [9.17, 15) is 4.79 Å². The van der Waals surface area contributed by atoms with Crippen LogP contribution < -0.4 is 10.2 Å². The van der Waals surface area contributed by atoms with Gasteiger partial charge >= 0.3 is 0 Å². The lowest BCUT2D eigenvalue weighted by Gasteiger charge is -2.35. The third kappa shape index (κ3) is 4.08. The number of aromatic nitrogens is 2. The minimum Gasteiger partial charge on any atom is -0.369 e. The van der Waals surface area contributed by atoms with Crippen LogP contribution in [0.4, 0.5) is 5.69 Å². The molecule has 0 atom stereocenters. The molecule has 1 fully saturated rings. The van der Waals surface area contributed by atoms with Crippen molar-refractivity contribution < 1.29 is 4.79 Å². The summed E-state index contributed by atoms with van der Waals surface area (Å²) >= 11 is 0. The largest absolute Gasteiger partial charge is 0.369 e. The molecular formula is C18H23N5O. The molecule has 0 saturated carbocycles. The standard InChI is InChI=1S/C18H23N5O/c1-2-22-8-10-23(11-9-22)16-5-7-20-17(12-16)18(24)21-14-15-4-3-6-19-13-15/h3-7,12-13H,2,8-11,14H2,1H3,(H,21,24). The second-order valence-electron chi connectivity index (χ2n) is 5.86. The van der Waals surface area contributed by atoms with Crippen LogP contribution in [0.2, 0.25) is 0 Å². The first-order valence-electron chi connectivity index (χ1n) is 8.36. The van der Waals surface area contributed by atoms with Gasteiger partial charge in [0.2, 0.25) is 0 Å². The Balaban J connectivity index is 1.61. The van der Waals surface area contributed by atoms with Crippen LogP contribution in [0.5, 0.6) is 0 Å². The molecule has 1 amide bonds. The van der Waals surface area contributed by atoms with Crippen LogP contribution >= 0.6 is 0 Å². The highest BCUT2D eigenvalue weighted by Crippen LogP contribution is 2.17. The molecule has 3 rings (SSSR count). The summed E-state index contributed by atoms with van der Waals surface area (Å²) in [6.45, 7) is 7.80. The van der Waals surface area contributed by atoms with Gasteiger partial charge in [0.15, 0.2) is 0 Å². The highest BCUT2D eigenvalue weighted by atomic mass is 16.1. The van der Waals surface area contributed by atoms with E-state index in [1.54, 1.807) is 18.6 Å². The summed E-state index contributed by atoms with van der Waals surface area (Å²) in [4.78, 5) is 25.3. The fourth-order valence-electron chi connectivity index (χ4n) is 2.84. The van der Waals surface area contributed by atoms with Gasteiger partial charge < -0.3 is 15.1 Å². The van der Waals surface area contributed by atoms with Gasteiger partial charge in [-0.3, -0.25) is 14.8 Å². The van der Waals surface area contributed by atoms with Crippen LogP contribution in [0.1, 0.15) is 23.0 Å². The number of hydrogen-bond acceptors (Lipinski definition) is 5. The maximum atomic E-state index is 12.3. The number of carbonyl (C=O) groups is 1. The van der Waals surface area contributed by atoms with Gasteiger partial charge in [-0.25, -0.2) is 0 Å². The van der Waals surface area contributed by atoms with E-state index in [4.69, 9.17) is 0 Å². The molecule has 2 aromatic rings. The van der Waals surface area contributed by atoms with E-state index in [0.717, 1.165) is 44.0 Å². The molecule has 0 unspecified atom stereocenters. The Morgan fingerprint density at radius 2 is 2.04 bits per heavy atom. The Bertz CT molecular complexity index is 668. The van der Waals surface area contributed by atoms with Crippen LogP contribution in [0.15, 0.2) is 42.9 Å². The van der Waals surface area contributed by atoms with Crippen LogP contribution in [0.25, 0.3) is 0 Å². The van der Waals surface area contributed by atoms with E-state index in [2.05, 4.69) is 32.0 Å². The SMILES string of the molecule is CCN1CCN(c2ccnc(C(=O)NCc3cccnc3)c2)CC1. The predicted molar refractivity (Wildman–Crippen MR) is 94.0 cm³/mol. The van der Waals surface area contributed by atoms with Crippen LogP contribution in [0, 0.1) is 0 Å². The minimum absolute atomic E-state index is 0.159. The number of amides is 1. The summed E-state index contributed by atoms with van der Waals surface area (Å²) in [6, 6.07) is 7.64. The van der Waals surface area contributed by atoms with Crippen molar-refractivity contribution in [2.24, 2.45) is 0 Å². The third-order valence-corrected chi connectivity index (χ3v) is 4.34. The first-order valence-corrected chi connectivity index (χ1v) is 8.36. The highest BCUT2D eigenvalue weighted by Gasteiger charge is 2.17. The Morgan fingerprint density at radius 1 is 1.21 bits per heavy atom. The number of hydrogen-bond donors (Lipinski definition) is 1. The average Bonchev–Trinajstić information content (AvgIpc) is 2.67. The molecule has 0 aromatic carbocycles. The van der Waals surface area contributed by atoms with E-state index in [-0.39, 0.29) is 5.91 Å². The fraction of sp³-hybridized carbons (Fsp3) is 0.389. The summed E-state index contributed by atoms with van der Waals surface area (Å²) in [5.74, 6) is -0.159. The zero-order chi connectivity index (χ0) is 16.8. The molecule has 1 saturated heterocycles. The van der Waals surface area contributed by atoms with E-state index in [1.165, 1.54) is 0 Å². The maximum absolute atomic E-state index is 12.3. The topological polar surface area (TPSA) is 61.4 Å². The average molecular weight is 325 g/mol. The molecule has 2 aromatic heterocycles. The van der Waals surface area contributed by atoms with Gasteiger partial charge in [0.05, 0.1) is 0 Å². The van der Waals surface area contributed by atoms with Crippen molar-refractivity contribution in [2.45, 2.75) is 13.5 Å². The van der Waals surface area contributed by atoms with Gasteiger partial charge in [-0.2, -0.15) is 0 Å². The molecule has 6 heteroatoms. The lowest BCUT2D eigenvalue weighted by molar-refractivity contribution is 0.0946. The maximum Gasteiger partial charge on any atom is 0.270 e. The van der Waals surface area contributed by atoms with E-state index < -0.39 is 0 Å². The molecular weight excluding hydrogens is 302 g/mol. The van der Waals surface area contributed by atoms with Crippen molar-refractivity contribution in [3.05, 3.63) is 54.1 Å². The highest BCUT2D eigenvalue weighted by molar-refractivity contribution is 5.93. The van der Waals surface area contributed by atoms with E-state index >= 15 is 0 Å². The summed E-state index contributed by atoms with van der Waals surface area (Å²) in [5, 5.41) is 2.89. The first-order chi connectivity index (χ1) is 11.8. The van der Waals surface area contributed by atoms with Gasteiger partial charge in [-0.05, 0) is 30.3 Å². The smallest absolute Gasteiger partial charge is 0.270 e. The van der Waals surface area contributed by atoms with Crippen molar-refractivity contribution >= 4 is 11.6 Å². The minimum atomic E-state index is -0.159. The number of nitrogens with one attached hydrogen (secondary N) is 1. The molecule has 126 valence electrons. The van der Waals surface area contributed by atoms with Gasteiger partial charge in [-0.15, -0.1) is 0 Å². The Kier molecular flexibility index (Phi) is 5.38. The number of pyridine rings is 2. The number of anilines is 1. The molecule has 1 N–H and O–H groups in total. The second kappa shape index (κ2) is 7.88. The zero-order valence-corrected chi connectivity index (χ0v) is 14.0. The number of likely N-dealkylation sites (N-methyl/N-ethyl adjacent to an activating group) is 1. The molecule has 0 spiro atoms. The van der Waals surface area contributed by atoms with Gasteiger partial charge in [0.25, 0.3) is 5.91 Å². The Morgan fingerprint density at radius 3 is 2.75 bits per heavy atom. The third-order valence-electron chi connectivity index (χ3n) is 4.34. The second-order valence-corrected chi connectivity index (χ2v) is 5.86. The van der Waals surface area contributed by atoms with Gasteiger partial charge in [0, 0.05) is 57.0 Å². The number of piperazine rings is 1. The number of nitrogens with zero attached hydrogens (tertiary/aromatic N) is 4. The van der Waals surface area contributed by atoms with Crippen molar-refractivity contribution in [2.75, 3.05) is 37.6 Å². The summed E-state index contributed by atoms with van der Waals surface area (Å²) in [6.07, 6.45) is 5.17. The normalized spacial score (nSPS) is 15.3. The van der Waals surface area contributed by atoms with Crippen molar-refractivity contribution in [1.82, 2.24) is 20.2 Å². The number of rotatable bonds is 5. The predicted octanol–water partition coefficient (Wildman–Crippen LogP) is 1.55. The molecule has 1 aliphatic heterocycles. The summed E-state index contributed by atoms with van der Waals surface area (Å²) in [5.41, 5.74) is 2.49.